The van der Waals surface area contributed by atoms with E-state index < -0.39 is 0 Å². The number of nitrogens with one attached hydrogen (secondary N) is 1. The van der Waals surface area contributed by atoms with Gasteiger partial charge in [0.1, 0.15) is 0 Å². The summed E-state index contributed by atoms with van der Waals surface area (Å²) in [7, 11) is 1.65. The lowest BCUT2D eigenvalue weighted by Crippen LogP contribution is -2.40. The van der Waals surface area contributed by atoms with Gasteiger partial charge in [-0.3, -0.25) is 0 Å². The number of benzene rings is 1. The fourth-order valence-corrected chi connectivity index (χ4v) is 2.14. The fourth-order valence-electron chi connectivity index (χ4n) is 1.41. The number of nitrogens with two attached hydrogens (primary N) is 1. The highest BCUT2D eigenvalue weighted by atomic mass is 79.9. The molecule has 0 spiro atoms. The summed E-state index contributed by atoms with van der Waals surface area (Å²) in [6.45, 7) is 3.00. The summed E-state index contributed by atoms with van der Waals surface area (Å²) in [6, 6.07) is 5.80. The maximum atomic E-state index is 6.09. The average molecular weight is 335 g/mol. The molecule has 6 heteroatoms. The fraction of sp³-hybridized carbons (Fsp3) is 0.417. The van der Waals surface area contributed by atoms with Gasteiger partial charge in [-0.05, 0) is 24.6 Å². The molecule has 0 saturated heterocycles. The molecule has 0 aromatic heterocycles. The number of hydrogen-bond donors (Lipinski definition) is 2. The molecule has 100 valence electrons. The monoisotopic (exact) mass is 333 g/mol. The molecule has 0 radical (unpaired) electrons. The first-order valence-electron chi connectivity index (χ1n) is 5.52. The van der Waals surface area contributed by atoms with E-state index in [4.69, 9.17) is 22.1 Å². The van der Waals surface area contributed by atoms with Crippen LogP contribution in [-0.2, 0) is 11.3 Å². The van der Waals surface area contributed by atoms with Gasteiger partial charge < -0.3 is 15.8 Å². The predicted molar refractivity (Wildman–Crippen MR) is 79.0 cm³/mol. The standard InChI is InChI=1S/C12H17BrClN3O/c1-8(7-18-2)17-12(15)16-6-9-3-4-10(13)5-11(9)14/h3-5,8H,6-7H2,1-2H3,(H3,15,16,17). The van der Waals surface area contributed by atoms with Crippen molar-refractivity contribution < 1.29 is 4.74 Å². The van der Waals surface area contributed by atoms with Crippen molar-refractivity contribution in [2.75, 3.05) is 13.7 Å². The van der Waals surface area contributed by atoms with Crippen LogP contribution in [-0.4, -0.2) is 25.7 Å². The zero-order valence-electron chi connectivity index (χ0n) is 10.4. The predicted octanol–water partition coefficient (Wildman–Crippen LogP) is 2.54. The number of guanidine groups is 1. The van der Waals surface area contributed by atoms with E-state index in [0.29, 0.717) is 24.1 Å². The van der Waals surface area contributed by atoms with Gasteiger partial charge in [0.15, 0.2) is 5.96 Å². The van der Waals surface area contributed by atoms with Gasteiger partial charge >= 0.3 is 0 Å². The van der Waals surface area contributed by atoms with Crippen LogP contribution >= 0.6 is 27.5 Å². The second-order valence-electron chi connectivity index (χ2n) is 3.94. The lowest BCUT2D eigenvalue weighted by molar-refractivity contribution is 0.179. The molecule has 1 atom stereocenters. The lowest BCUT2D eigenvalue weighted by Gasteiger charge is -2.13. The first-order valence-corrected chi connectivity index (χ1v) is 6.69. The minimum atomic E-state index is 0.124. The molecular formula is C12H17BrClN3O. The van der Waals surface area contributed by atoms with Gasteiger partial charge in [-0.15, -0.1) is 0 Å². The molecule has 1 aromatic rings. The zero-order valence-corrected chi connectivity index (χ0v) is 12.8. The number of hydrogen-bond acceptors (Lipinski definition) is 2. The Morgan fingerprint density at radius 1 is 1.61 bits per heavy atom. The van der Waals surface area contributed by atoms with Crippen LogP contribution in [0.15, 0.2) is 27.7 Å². The van der Waals surface area contributed by atoms with Gasteiger partial charge in [-0.25, -0.2) is 4.99 Å². The molecule has 0 amide bonds. The first kappa shape index (κ1) is 15.3. The highest BCUT2D eigenvalue weighted by Gasteiger charge is 2.03. The number of ether oxygens (including phenoxy) is 1. The van der Waals surface area contributed by atoms with Crippen LogP contribution in [0.25, 0.3) is 0 Å². The van der Waals surface area contributed by atoms with Crippen molar-refractivity contribution in [1.29, 1.82) is 0 Å². The molecule has 0 heterocycles. The van der Waals surface area contributed by atoms with Crippen LogP contribution in [0.5, 0.6) is 0 Å². The van der Waals surface area contributed by atoms with E-state index in [-0.39, 0.29) is 6.04 Å². The topological polar surface area (TPSA) is 59.6 Å². The van der Waals surface area contributed by atoms with E-state index in [1.165, 1.54) is 0 Å². The normalized spacial score (nSPS) is 13.4. The maximum absolute atomic E-state index is 6.09. The van der Waals surface area contributed by atoms with E-state index >= 15 is 0 Å². The van der Waals surface area contributed by atoms with Crippen LogP contribution in [0.1, 0.15) is 12.5 Å². The van der Waals surface area contributed by atoms with E-state index in [0.717, 1.165) is 10.0 Å². The van der Waals surface area contributed by atoms with Crippen LogP contribution in [0.2, 0.25) is 5.02 Å². The smallest absolute Gasteiger partial charge is 0.189 e. The molecule has 1 unspecified atom stereocenters. The summed E-state index contributed by atoms with van der Waals surface area (Å²) < 4.78 is 5.94. The van der Waals surface area contributed by atoms with Crippen LogP contribution in [0, 0.1) is 0 Å². The Kier molecular flexibility index (Phi) is 6.46. The second-order valence-corrected chi connectivity index (χ2v) is 5.26. The van der Waals surface area contributed by atoms with Crippen molar-refractivity contribution in [3.05, 3.63) is 33.3 Å². The third-order valence-corrected chi connectivity index (χ3v) is 3.09. The van der Waals surface area contributed by atoms with Crippen molar-refractivity contribution in [3.63, 3.8) is 0 Å². The molecule has 0 aliphatic carbocycles. The van der Waals surface area contributed by atoms with E-state index in [2.05, 4.69) is 26.2 Å². The highest BCUT2D eigenvalue weighted by Crippen LogP contribution is 2.21. The summed E-state index contributed by atoms with van der Waals surface area (Å²) in [5, 5.41) is 3.70. The Bertz CT molecular complexity index is 426. The average Bonchev–Trinajstić information content (AvgIpc) is 2.28. The number of methoxy groups -OCH3 is 1. The Morgan fingerprint density at radius 3 is 2.94 bits per heavy atom. The minimum absolute atomic E-state index is 0.124. The molecule has 1 aromatic carbocycles. The van der Waals surface area contributed by atoms with Crippen LogP contribution in [0.3, 0.4) is 0 Å². The van der Waals surface area contributed by atoms with Crippen LogP contribution < -0.4 is 11.1 Å². The quantitative estimate of drug-likeness (QED) is 0.642. The molecule has 3 N–H and O–H groups in total. The number of halogens is 2. The second kappa shape index (κ2) is 7.61. The number of rotatable bonds is 5. The van der Waals surface area contributed by atoms with Gasteiger partial charge in [-0.2, -0.15) is 0 Å². The Hall–Kier alpha value is -0.780. The SMILES string of the molecule is COCC(C)NC(N)=NCc1ccc(Br)cc1Cl. The molecule has 0 aliphatic heterocycles. The van der Waals surface area contributed by atoms with Gasteiger partial charge in [0.05, 0.1) is 13.2 Å². The van der Waals surface area contributed by atoms with E-state index in [9.17, 15) is 0 Å². The van der Waals surface area contributed by atoms with Crippen molar-refractivity contribution in [2.45, 2.75) is 19.5 Å². The molecule has 18 heavy (non-hydrogen) atoms. The highest BCUT2D eigenvalue weighted by molar-refractivity contribution is 9.10. The van der Waals surface area contributed by atoms with Gasteiger partial charge in [0, 0.05) is 22.6 Å². The minimum Gasteiger partial charge on any atom is -0.383 e. The molecule has 0 bridgehead atoms. The number of nitrogens with zero attached hydrogens (tertiary/aromatic N) is 1. The Balaban J connectivity index is 2.57. The van der Waals surface area contributed by atoms with E-state index in [1.54, 1.807) is 7.11 Å². The maximum Gasteiger partial charge on any atom is 0.189 e. The third-order valence-electron chi connectivity index (χ3n) is 2.25. The summed E-state index contributed by atoms with van der Waals surface area (Å²) in [5.41, 5.74) is 6.70. The molecule has 4 nitrogen and oxygen atoms in total. The largest absolute Gasteiger partial charge is 0.383 e. The molecule has 0 aliphatic rings. The van der Waals surface area contributed by atoms with Gasteiger partial charge in [0.25, 0.3) is 0 Å². The summed E-state index contributed by atoms with van der Waals surface area (Å²) >= 11 is 9.44. The number of aliphatic imine (C=N–C) groups is 1. The Morgan fingerprint density at radius 2 is 2.33 bits per heavy atom. The van der Waals surface area contributed by atoms with Crippen molar-refractivity contribution >= 4 is 33.5 Å². The molecule has 0 fully saturated rings. The summed E-state index contributed by atoms with van der Waals surface area (Å²) in [4.78, 5) is 4.24. The first-order chi connectivity index (χ1) is 8.52. The zero-order chi connectivity index (χ0) is 13.5. The third kappa shape index (κ3) is 5.25. The molecule has 0 saturated carbocycles. The van der Waals surface area contributed by atoms with Gasteiger partial charge in [-0.1, -0.05) is 33.6 Å². The Labute approximate surface area is 121 Å². The molecule has 1 rings (SSSR count). The summed E-state index contributed by atoms with van der Waals surface area (Å²) in [6.07, 6.45) is 0. The summed E-state index contributed by atoms with van der Waals surface area (Å²) in [5.74, 6) is 0.388. The van der Waals surface area contributed by atoms with Crippen molar-refractivity contribution in [1.82, 2.24) is 5.32 Å². The molecular weight excluding hydrogens is 318 g/mol. The van der Waals surface area contributed by atoms with Crippen molar-refractivity contribution in [2.24, 2.45) is 10.7 Å². The lowest BCUT2D eigenvalue weighted by atomic mass is 10.2. The van der Waals surface area contributed by atoms with E-state index in [1.807, 2.05) is 25.1 Å². The van der Waals surface area contributed by atoms with Crippen molar-refractivity contribution in [3.8, 4) is 0 Å². The van der Waals surface area contributed by atoms with Crippen LogP contribution in [0.4, 0.5) is 0 Å². The van der Waals surface area contributed by atoms with Gasteiger partial charge in [0.2, 0.25) is 0 Å².